The molecule has 0 saturated heterocycles. The van der Waals surface area contributed by atoms with Crippen LogP contribution in [0.15, 0.2) is 0 Å². The molecule has 0 spiro atoms. The normalized spacial score (nSPS) is 12.3. The van der Waals surface area contributed by atoms with E-state index in [4.69, 9.17) is 19.0 Å². The quantitative estimate of drug-likeness (QED) is 0.0610. The van der Waals surface area contributed by atoms with Gasteiger partial charge in [-0.25, -0.2) is 4.57 Å². The summed E-state index contributed by atoms with van der Waals surface area (Å²) in [6.07, 6.45) is 12.5. The summed E-state index contributed by atoms with van der Waals surface area (Å²) >= 11 is -2.18. The van der Waals surface area contributed by atoms with Crippen LogP contribution in [0.5, 0.6) is 0 Å². The van der Waals surface area contributed by atoms with Crippen molar-refractivity contribution in [3.8, 4) is 0 Å². The maximum Gasteiger partial charge on any atom is 0.478 e. The summed E-state index contributed by atoms with van der Waals surface area (Å²) in [6.45, 7) is 16.3. The second-order valence-corrected chi connectivity index (χ2v) is 14.8. The number of rotatable bonds is 24. The second kappa shape index (κ2) is 25.6. The fraction of sp³-hybridized carbons (Fsp3) is 1.00. The molecule has 0 heterocycles. The summed E-state index contributed by atoms with van der Waals surface area (Å²) in [5.74, 6) is 0. The van der Waals surface area contributed by atoms with Crippen LogP contribution in [-0.4, -0.2) is 31.5 Å². The summed E-state index contributed by atoms with van der Waals surface area (Å²) < 4.78 is 53.9. The fourth-order valence-corrected chi connectivity index (χ4v) is 7.19. The van der Waals surface area contributed by atoms with Gasteiger partial charge in [-0.1, -0.05) is 78.1 Å². The summed E-state index contributed by atoms with van der Waals surface area (Å²) in [7, 11) is -9.79. The van der Waals surface area contributed by atoms with E-state index >= 15 is 0 Å². The van der Waals surface area contributed by atoms with Crippen LogP contribution < -0.4 is 9.79 Å². The minimum Gasteiger partial charge on any atom is -0.789 e. The van der Waals surface area contributed by atoms with Crippen LogP contribution in [-0.2, 0) is 51.5 Å². The van der Waals surface area contributed by atoms with E-state index in [1.165, 1.54) is 12.8 Å². The zero-order valence-electron chi connectivity index (χ0n) is 25.1. The van der Waals surface area contributed by atoms with E-state index < -0.39 is 34.7 Å². The van der Waals surface area contributed by atoms with Crippen LogP contribution in [0.4, 0.5) is 0 Å². The fourth-order valence-electron chi connectivity index (χ4n) is 2.99. The Kier molecular flexibility index (Phi) is 27.6. The first kappa shape index (κ1) is 41.0. The van der Waals surface area contributed by atoms with E-state index in [0.717, 1.165) is 51.4 Å². The molecule has 13 heteroatoms. The Morgan fingerprint density at radius 1 is 0.579 bits per heavy atom. The molecule has 0 aliphatic rings. The standard InChI is InChI=1S/C16H36O7P2.3C3H7O.Ti/c1-3-5-7-9-11-13-15-21-25(20,23-24(17,18)19)22-16-14-12-10-8-6-4-2;3*1-3(2)4;/h3-16H2,1-2H3,(H2,17,18,19);3*3H,1-2H3;/q;3*-1;+5/p-2. The van der Waals surface area contributed by atoms with Crippen molar-refractivity contribution in [2.45, 2.75) is 151 Å². The molecular formula is C25H55O10P2Ti. The third kappa shape index (κ3) is 31.4. The van der Waals surface area contributed by atoms with Gasteiger partial charge in [0.25, 0.3) is 0 Å². The van der Waals surface area contributed by atoms with Crippen molar-refractivity contribution in [1.82, 2.24) is 0 Å². The second-order valence-electron chi connectivity index (χ2n) is 9.93. The Labute approximate surface area is 240 Å². The van der Waals surface area contributed by atoms with Crippen LogP contribution in [0.3, 0.4) is 0 Å². The molecule has 229 valence electrons. The predicted octanol–water partition coefficient (Wildman–Crippen LogP) is 7.32. The van der Waals surface area contributed by atoms with Gasteiger partial charge in [-0.05, 0) is 12.8 Å². The molecular weight excluding hydrogens is 570 g/mol. The van der Waals surface area contributed by atoms with Crippen LogP contribution in [0.2, 0.25) is 0 Å². The minimum atomic E-state index is -5.44. The first-order valence-electron chi connectivity index (χ1n) is 14.2. The van der Waals surface area contributed by atoms with Crippen molar-refractivity contribution in [3.63, 3.8) is 0 Å². The number of hydrogen-bond donors (Lipinski definition) is 0. The van der Waals surface area contributed by atoms with Gasteiger partial charge in [0.05, 0.1) is 21.0 Å². The van der Waals surface area contributed by atoms with Gasteiger partial charge in [0, 0.05) is 0 Å². The van der Waals surface area contributed by atoms with Crippen molar-refractivity contribution in [3.05, 3.63) is 0 Å². The molecule has 0 aliphatic carbocycles. The van der Waals surface area contributed by atoms with Crippen LogP contribution in [0.1, 0.15) is 132 Å². The molecule has 0 aromatic rings. The van der Waals surface area contributed by atoms with Crippen molar-refractivity contribution in [2.24, 2.45) is 0 Å². The molecule has 0 unspecified atom stereocenters. The Morgan fingerprint density at radius 2 is 0.895 bits per heavy atom. The van der Waals surface area contributed by atoms with Gasteiger partial charge >= 0.3 is 96.7 Å². The summed E-state index contributed by atoms with van der Waals surface area (Å²) in [6, 6.07) is 0. The van der Waals surface area contributed by atoms with Gasteiger partial charge in [0.2, 0.25) is 0 Å². The van der Waals surface area contributed by atoms with Crippen molar-refractivity contribution >= 4 is 15.6 Å². The first-order chi connectivity index (χ1) is 17.7. The molecule has 0 aromatic heterocycles. The Balaban J connectivity index is 0. The molecule has 0 N–H and O–H groups in total. The molecule has 0 amide bonds. The molecule has 0 saturated carbocycles. The van der Waals surface area contributed by atoms with E-state index in [0.29, 0.717) is 12.8 Å². The molecule has 0 bridgehead atoms. The number of hydrogen-bond acceptors (Lipinski definition) is 10. The molecule has 0 atom stereocenters. The average Bonchev–Trinajstić information content (AvgIpc) is 2.76. The molecule has 10 nitrogen and oxygen atoms in total. The topological polar surface area (TPSA) is 136 Å². The van der Waals surface area contributed by atoms with E-state index in [-0.39, 0.29) is 31.5 Å². The third-order valence-electron chi connectivity index (χ3n) is 4.69. The SMILES string of the molecule is CC(C)[O][Ti+2]([O]C(C)C)[O]C(C)C.CCCCCCCCOP(=O)(OCCCCCCCC)OP(=O)([O-])[O-]. The van der Waals surface area contributed by atoms with Crippen LogP contribution in [0, 0.1) is 0 Å². The minimum absolute atomic E-state index is 0.0416. The van der Waals surface area contributed by atoms with E-state index in [2.05, 4.69) is 18.2 Å². The molecule has 38 heavy (non-hydrogen) atoms. The molecule has 0 rings (SSSR count). The van der Waals surface area contributed by atoms with Gasteiger partial charge < -0.3 is 14.4 Å². The van der Waals surface area contributed by atoms with Gasteiger partial charge in [-0.15, -0.1) is 0 Å². The smallest absolute Gasteiger partial charge is 0.478 e. The monoisotopic (exact) mass is 625 g/mol. The van der Waals surface area contributed by atoms with Gasteiger partial charge in [0.15, 0.2) is 0 Å². The van der Waals surface area contributed by atoms with E-state index in [9.17, 15) is 18.9 Å². The van der Waals surface area contributed by atoms with E-state index in [1.807, 2.05) is 41.5 Å². The summed E-state index contributed by atoms with van der Waals surface area (Å²) in [5.41, 5.74) is 0. The maximum absolute atomic E-state index is 12.3. The first-order valence-corrected chi connectivity index (χ1v) is 19.1. The van der Waals surface area contributed by atoms with Crippen LogP contribution in [0.25, 0.3) is 0 Å². The molecule has 0 radical (unpaired) electrons. The zero-order valence-corrected chi connectivity index (χ0v) is 28.5. The number of phosphoric acid groups is 2. The molecule has 0 aromatic carbocycles. The largest absolute Gasteiger partial charge is 0.789 e. The summed E-state index contributed by atoms with van der Waals surface area (Å²) in [5, 5.41) is 0. The van der Waals surface area contributed by atoms with Gasteiger partial charge in [-0.2, -0.15) is 0 Å². The molecule has 0 fully saturated rings. The van der Waals surface area contributed by atoms with Gasteiger partial charge in [0.1, 0.15) is 0 Å². The number of phosphoric ester groups is 1. The predicted molar refractivity (Wildman–Crippen MR) is 144 cm³/mol. The molecule has 0 aliphatic heterocycles. The zero-order chi connectivity index (χ0) is 29.5. The van der Waals surface area contributed by atoms with Crippen molar-refractivity contribution < 1.29 is 61.3 Å². The Morgan fingerprint density at radius 3 is 1.18 bits per heavy atom. The Hall–Kier alpha value is 0.854. The third-order valence-corrected chi connectivity index (χ3v) is 10.4. The Bertz CT molecular complexity index is 571. The average molecular weight is 626 g/mol. The maximum atomic E-state index is 12.3. The summed E-state index contributed by atoms with van der Waals surface area (Å²) in [4.78, 5) is 21.6. The van der Waals surface area contributed by atoms with E-state index in [1.54, 1.807) is 0 Å². The number of unbranched alkanes of at least 4 members (excludes halogenated alkanes) is 10. The van der Waals surface area contributed by atoms with Crippen molar-refractivity contribution in [1.29, 1.82) is 0 Å². The van der Waals surface area contributed by atoms with Crippen LogP contribution >= 0.6 is 15.6 Å². The van der Waals surface area contributed by atoms with Gasteiger partial charge in [-0.3, -0.25) is 13.4 Å². The van der Waals surface area contributed by atoms with Crippen molar-refractivity contribution in [2.75, 3.05) is 13.2 Å².